The van der Waals surface area contributed by atoms with E-state index in [1.54, 1.807) is 24.3 Å². The van der Waals surface area contributed by atoms with Gasteiger partial charge in [-0.3, -0.25) is 0 Å². The zero-order valence-corrected chi connectivity index (χ0v) is 16.3. The summed E-state index contributed by atoms with van der Waals surface area (Å²) in [5.74, 6) is 0. The maximum absolute atomic E-state index is 12.5. The quantitative estimate of drug-likeness (QED) is 0.692. The van der Waals surface area contributed by atoms with Crippen LogP contribution >= 0.6 is 0 Å². The van der Waals surface area contributed by atoms with Crippen LogP contribution in [0.3, 0.4) is 0 Å². The third kappa shape index (κ3) is 4.28. The number of urea groups is 1. The molecule has 0 heterocycles. The number of hydrogen-bond donors (Lipinski definition) is 2. The van der Waals surface area contributed by atoms with Crippen LogP contribution in [0.5, 0.6) is 0 Å². The molecule has 0 spiro atoms. The fraction of sp³-hybridized carbons (Fsp3) is 0.190. The second-order valence-corrected chi connectivity index (χ2v) is 9.04. The molecular weight excluding hydrogens is 360 g/mol. The van der Waals surface area contributed by atoms with Crippen LogP contribution < -0.4 is 10.0 Å². The Morgan fingerprint density at radius 3 is 2.15 bits per heavy atom. The Labute approximate surface area is 159 Å². The van der Waals surface area contributed by atoms with Crippen LogP contribution in [0.2, 0.25) is 0 Å². The fourth-order valence-corrected chi connectivity index (χ4v) is 3.70. The van der Waals surface area contributed by atoms with E-state index in [-0.39, 0.29) is 10.3 Å². The van der Waals surface area contributed by atoms with Gasteiger partial charge in [-0.1, -0.05) is 69.3 Å². The van der Waals surface area contributed by atoms with E-state index in [4.69, 9.17) is 0 Å². The Morgan fingerprint density at radius 1 is 0.852 bits per heavy atom. The molecular formula is C21H22N2O3S. The van der Waals surface area contributed by atoms with Crippen LogP contribution in [0.4, 0.5) is 10.5 Å². The first-order chi connectivity index (χ1) is 12.7. The molecule has 0 aliphatic heterocycles. The van der Waals surface area contributed by atoms with Crippen molar-refractivity contribution < 1.29 is 13.2 Å². The molecule has 3 aromatic rings. The van der Waals surface area contributed by atoms with Crippen LogP contribution in [-0.2, 0) is 15.4 Å². The monoisotopic (exact) mass is 382 g/mol. The van der Waals surface area contributed by atoms with Crippen LogP contribution in [0.1, 0.15) is 26.3 Å². The molecule has 0 radical (unpaired) electrons. The van der Waals surface area contributed by atoms with Crippen LogP contribution in [0, 0.1) is 0 Å². The number of benzene rings is 3. The molecule has 0 unspecified atom stereocenters. The minimum absolute atomic E-state index is 0.0450. The predicted octanol–water partition coefficient (Wildman–Crippen LogP) is 4.65. The first-order valence-electron chi connectivity index (χ1n) is 8.59. The van der Waals surface area contributed by atoms with Crippen molar-refractivity contribution in [3.63, 3.8) is 0 Å². The molecule has 0 saturated carbocycles. The number of carbonyl (C=O) groups excluding carboxylic acids is 1. The van der Waals surface area contributed by atoms with Gasteiger partial charge in [0.2, 0.25) is 0 Å². The van der Waals surface area contributed by atoms with Gasteiger partial charge < -0.3 is 5.32 Å². The molecule has 3 rings (SSSR count). The summed E-state index contributed by atoms with van der Waals surface area (Å²) in [5, 5.41) is 4.41. The number of anilines is 1. The lowest BCUT2D eigenvalue weighted by Gasteiger charge is -2.19. The van der Waals surface area contributed by atoms with Gasteiger partial charge in [-0.2, -0.15) is 0 Å². The number of hydrogen-bond acceptors (Lipinski definition) is 3. The molecule has 0 saturated heterocycles. The SMILES string of the molecule is CC(C)(C)c1ccc(S(=O)(=O)NC(=O)Nc2cccc3ccccc23)cc1. The lowest BCUT2D eigenvalue weighted by atomic mass is 9.87. The van der Waals surface area contributed by atoms with Crippen molar-refractivity contribution in [2.75, 3.05) is 5.32 Å². The Morgan fingerprint density at radius 2 is 1.48 bits per heavy atom. The first kappa shape index (κ1) is 18.9. The van der Waals surface area contributed by atoms with Crippen LogP contribution in [-0.4, -0.2) is 14.4 Å². The molecule has 0 aliphatic carbocycles. The molecule has 0 atom stereocenters. The lowest BCUT2D eigenvalue weighted by Crippen LogP contribution is -2.34. The number of amides is 2. The Kier molecular flexibility index (Phi) is 4.93. The molecule has 140 valence electrons. The molecule has 0 aliphatic rings. The molecule has 27 heavy (non-hydrogen) atoms. The number of rotatable bonds is 3. The Bertz CT molecular complexity index is 1080. The van der Waals surface area contributed by atoms with E-state index in [2.05, 4.69) is 10.0 Å². The van der Waals surface area contributed by atoms with Crippen LogP contribution in [0.25, 0.3) is 10.8 Å². The van der Waals surface area contributed by atoms with Crippen molar-refractivity contribution in [2.45, 2.75) is 31.1 Å². The Balaban J connectivity index is 1.78. The van der Waals surface area contributed by atoms with Crippen molar-refractivity contribution in [2.24, 2.45) is 0 Å². The van der Waals surface area contributed by atoms with Crippen molar-refractivity contribution in [1.82, 2.24) is 4.72 Å². The maximum atomic E-state index is 12.5. The number of nitrogens with one attached hydrogen (secondary N) is 2. The second kappa shape index (κ2) is 7.04. The first-order valence-corrected chi connectivity index (χ1v) is 10.1. The Hall–Kier alpha value is -2.86. The highest BCUT2D eigenvalue weighted by molar-refractivity contribution is 7.90. The van der Waals surface area contributed by atoms with Gasteiger partial charge in [-0.15, -0.1) is 0 Å². The number of carbonyl (C=O) groups is 1. The fourth-order valence-electron chi connectivity index (χ4n) is 2.80. The summed E-state index contributed by atoms with van der Waals surface area (Å²) >= 11 is 0. The lowest BCUT2D eigenvalue weighted by molar-refractivity contribution is 0.256. The van der Waals surface area contributed by atoms with Gasteiger partial charge in [0, 0.05) is 5.39 Å². The van der Waals surface area contributed by atoms with E-state index in [9.17, 15) is 13.2 Å². The summed E-state index contributed by atoms with van der Waals surface area (Å²) in [5.41, 5.74) is 1.48. The maximum Gasteiger partial charge on any atom is 0.333 e. The highest BCUT2D eigenvalue weighted by Crippen LogP contribution is 2.24. The van der Waals surface area contributed by atoms with Gasteiger partial charge in [0.05, 0.1) is 10.6 Å². The molecule has 0 aromatic heterocycles. The summed E-state index contributed by atoms with van der Waals surface area (Å²) in [6, 6.07) is 18.7. The zero-order valence-electron chi connectivity index (χ0n) is 15.5. The van der Waals surface area contributed by atoms with E-state index >= 15 is 0 Å². The molecule has 0 fully saturated rings. The molecule has 2 amide bonds. The third-order valence-electron chi connectivity index (χ3n) is 4.30. The molecule has 3 aromatic carbocycles. The highest BCUT2D eigenvalue weighted by atomic mass is 32.2. The van der Waals surface area contributed by atoms with E-state index in [0.717, 1.165) is 16.3 Å². The standard InChI is InChI=1S/C21H22N2O3S/c1-21(2,3)16-11-13-17(14-12-16)27(25,26)23-20(24)22-19-10-6-8-15-7-4-5-9-18(15)19/h4-14H,1-3H3,(H2,22,23,24). The van der Waals surface area contributed by atoms with E-state index in [0.29, 0.717) is 5.69 Å². The smallest absolute Gasteiger partial charge is 0.307 e. The second-order valence-electron chi connectivity index (χ2n) is 7.36. The van der Waals surface area contributed by atoms with Crippen molar-refractivity contribution in [1.29, 1.82) is 0 Å². The highest BCUT2D eigenvalue weighted by Gasteiger charge is 2.20. The average molecular weight is 382 g/mol. The van der Waals surface area contributed by atoms with E-state index < -0.39 is 16.1 Å². The molecule has 6 heteroatoms. The van der Waals surface area contributed by atoms with Crippen molar-refractivity contribution >= 4 is 32.5 Å². The minimum atomic E-state index is -3.96. The number of sulfonamides is 1. The van der Waals surface area contributed by atoms with Crippen molar-refractivity contribution in [3.05, 3.63) is 72.3 Å². The van der Waals surface area contributed by atoms with Gasteiger partial charge >= 0.3 is 6.03 Å². The van der Waals surface area contributed by atoms with Gasteiger partial charge in [0.1, 0.15) is 0 Å². The molecule has 0 bridgehead atoms. The van der Waals surface area contributed by atoms with Crippen LogP contribution in [0.15, 0.2) is 71.6 Å². The van der Waals surface area contributed by atoms with Gasteiger partial charge in [0.15, 0.2) is 0 Å². The third-order valence-corrected chi connectivity index (χ3v) is 5.64. The zero-order chi connectivity index (χ0) is 19.7. The van der Waals surface area contributed by atoms with Gasteiger partial charge in [-0.05, 0) is 34.6 Å². The van der Waals surface area contributed by atoms with E-state index in [1.807, 2.05) is 51.1 Å². The summed E-state index contributed by atoms with van der Waals surface area (Å²) in [4.78, 5) is 12.3. The topological polar surface area (TPSA) is 75.3 Å². The summed E-state index contributed by atoms with van der Waals surface area (Å²) in [7, 11) is -3.96. The number of fused-ring (bicyclic) bond motifs is 1. The summed E-state index contributed by atoms with van der Waals surface area (Å²) in [6.07, 6.45) is 0. The van der Waals surface area contributed by atoms with Gasteiger partial charge in [-0.25, -0.2) is 17.9 Å². The normalized spacial score (nSPS) is 12.0. The van der Waals surface area contributed by atoms with E-state index in [1.165, 1.54) is 12.1 Å². The molecule has 2 N–H and O–H groups in total. The largest absolute Gasteiger partial charge is 0.333 e. The minimum Gasteiger partial charge on any atom is -0.307 e. The molecule has 5 nitrogen and oxygen atoms in total. The summed E-state index contributed by atoms with van der Waals surface area (Å²) < 4.78 is 27.0. The van der Waals surface area contributed by atoms with Crippen molar-refractivity contribution in [3.8, 4) is 0 Å². The predicted molar refractivity (Wildman–Crippen MR) is 108 cm³/mol. The average Bonchev–Trinajstić information content (AvgIpc) is 2.61. The van der Waals surface area contributed by atoms with Gasteiger partial charge in [0.25, 0.3) is 10.0 Å². The summed E-state index contributed by atoms with van der Waals surface area (Å²) in [6.45, 7) is 6.14.